The minimum Gasteiger partial charge on any atom is -0.508 e. The number of alkyl halides is 3. The number of aryl methyl sites for hydroxylation is 2. The van der Waals surface area contributed by atoms with Gasteiger partial charge < -0.3 is 10.2 Å². The van der Waals surface area contributed by atoms with Crippen LogP contribution in [0.4, 0.5) is 13.2 Å². The van der Waals surface area contributed by atoms with Crippen molar-refractivity contribution in [3.63, 3.8) is 0 Å². The topological polar surface area (TPSA) is 88.2 Å². The minimum atomic E-state index is -4.67. The van der Waals surface area contributed by atoms with Crippen LogP contribution < -0.4 is 0 Å². The van der Waals surface area contributed by atoms with E-state index >= 15 is 0 Å². The fraction of sp³-hybridized carbons (Fsp3) is 0.190. The molecule has 0 bridgehead atoms. The lowest BCUT2D eigenvalue weighted by molar-refractivity contribution is -0.137. The van der Waals surface area contributed by atoms with Gasteiger partial charge in [0.25, 0.3) is 0 Å². The molecular formula is C21H16F3N3O3. The maximum atomic E-state index is 13.2. The van der Waals surface area contributed by atoms with Crippen LogP contribution in [0.1, 0.15) is 39.0 Å². The predicted molar refractivity (Wildman–Crippen MR) is 101 cm³/mol. The predicted octanol–water partition coefficient (Wildman–Crippen LogP) is 3.73. The molecule has 0 amide bonds. The van der Waals surface area contributed by atoms with Crippen LogP contribution in [0.2, 0.25) is 0 Å². The molecule has 0 saturated carbocycles. The normalized spacial score (nSPS) is 11.0. The molecule has 154 valence electrons. The van der Waals surface area contributed by atoms with E-state index < -0.39 is 23.5 Å². The van der Waals surface area contributed by atoms with Crippen LogP contribution in [-0.2, 0) is 19.1 Å². The SMILES string of the molecule is O=C(O)c1ccc(C#Cc2ccc(O)cc2C(F)(F)F)c(CCCn2cncn2)c1. The molecule has 3 aromatic rings. The van der Waals surface area contributed by atoms with Gasteiger partial charge in [-0.3, -0.25) is 4.68 Å². The number of carboxylic acid groups (broad SMARTS) is 1. The fourth-order valence-corrected chi connectivity index (χ4v) is 2.85. The van der Waals surface area contributed by atoms with Crippen molar-refractivity contribution in [1.29, 1.82) is 0 Å². The summed E-state index contributed by atoms with van der Waals surface area (Å²) in [5.41, 5.74) is -0.215. The molecule has 0 aliphatic rings. The lowest BCUT2D eigenvalue weighted by Crippen LogP contribution is -2.07. The zero-order chi connectivity index (χ0) is 21.7. The number of aromatic nitrogens is 3. The van der Waals surface area contributed by atoms with Crippen LogP contribution >= 0.6 is 0 Å². The number of carbonyl (C=O) groups is 1. The third-order valence-electron chi connectivity index (χ3n) is 4.29. The Morgan fingerprint density at radius 2 is 1.83 bits per heavy atom. The Bertz CT molecular complexity index is 1110. The highest BCUT2D eigenvalue weighted by Gasteiger charge is 2.33. The van der Waals surface area contributed by atoms with Crippen molar-refractivity contribution in [2.45, 2.75) is 25.6 Å². The highest BCUT2D eigenvalue weighted by atomic mass is 19.4. The Hall–Kier alpha value is -3.80. The van der Waals surface area contributed by atoms with Crippen molar-refractivity contribution in [2.24, 2.45) is 0 Å². The van der Waals surface area contributed by atoms with Crippen LogP contribution in [0.25, 0.3) is 0 Å². The zero-order valence-corrected chi connectivity index (χ0v) is 15.5. The summed E-state index contributed by atoms with van der Waals surface area (Å²) in [6.45, 7) is 0.542. The lowest BCUT2D eigenvalue weighted by atomic mass is 9.99. The number of rotatable bonds is 5. The van der Waals surface area contributed by atoms with E-state index in [1.165, 1.54) is 24.5 Å². The van der Waals surface area contributed by atoms with Crippen LogP contribution in [0.15, 0.2) is 49.1 Å². The van der Waals surface area contributed by atoms with Gasteiger partial charge in [0.05, 0.1) is 11.1 Å². The Morgan fingerprint density at radius 3 is 2.50 bits per heavy atom. The molecular weight excluding hydrogens is 399 g/mol. The molecule has 9 heteroatoms. The number of aromatic hydroxyl groups is 1. The van der Waals surface area contributed by atoms with Crippen molar-refractivity contribution in [2.75, 3.05) is 0 Å². The van der Waals surface area contributed by atoms with Gasteiger partial charge in [-0.05, 0) is 54.8 Å². The summed E-state index contributed by atoms with van der Waals surface area (Å²) in [6.07, 6.45) is -0.660. The summed E-state index contributed by atoms with van der Waals surface area (Å²) in [6, 6.07) is 7.16. The van der Waals surface area contributed by atoms with Crippen molar-refractivity contribution >= 4 is 5.97 Å². The van der Waals surface area contributed by atoms with Crippen LogP contribution in [0, 0.1) is 11.8 Å². The van der Waals surface area contributed by atoms with E-state index in [-0.39, 0.29) is 11.1 Å². The maximum Gasteiger partial charge on any atom is 0.417 e. The van der Waals surface area contributed by atoms with Gasteiger partial charge >= 0.3 is 12.1 Å². The summed E-state index contributed by atoms with van der Waals surface area (Å²) in [5, 5.41) is 22.6. The number of hydrogen-bond donors (Lipinski definition) is 2. The molecule has 2 aromatic carbocycles. The van der Waals surface area contributed by atoms with Crippen LogP contribution in [-0.4, -0.2) is 30.9 Å². The molecule has 0 aliphatic carbocycles. The summed E-state index contributed by atoms with van der Waals surface area (Å²) >= 11 is 0. The zero-order valence-electron chi connectivity index (χ0n) is 15.5. The largest absolute Gasteiger partial charge is 0.508 e. The third kappa shape index (κ3) is 5.17. The first kappa shape index (κ1) is 20.9. The molecule has 1 aromatic heterocycles. The van der Waals surface area contributed by atoms with Gasteiger partial charge in [-0.2, -0.15) is 18.3 Å². The van der Waals surface area contributed by atoms with Crippen LogP contribution in [0.3, 0.4) is 0 Å². The van der Waals surface area contributed by atoms with Gasteiger partial charge in [0, 0.05) is 17.7 Å². The molecule has 0 atom stereocenters. The molecule has 2 N–H and O–H groups in total. The second kappa shape index (κ2) is 8.69. The van der Waals surface area contributed by atoms with E-state index in [4.69, 9.17) is 0 Å². The van der Waals surface area contributed by atoms with Gasteiger partial charge in [0.1, 0.15) is 18.4 Å². The van der Waals surface area contributed by atoms with Crippen molar-refractivity contribution < 1.29 is 28.2 Å². The van der Waals surface area contributed by atoms with Gasteiger partial charge in [-0.1, -0.05) is 11.8 Å². The quantitative estimate of drug-likeness (QED) is 0.620. The van der Waals surface area contributed by atoms with E-state index in [9.17, 15) is 28.2 Å². The maximum absolute atomic E-state index is 13.2. The number of benzene rings is 2. The van der Waals surface area contributed by atoms with Gasteiger partial charge in [-0.25, -0.2) is 9.78 Å². The van der Waals surface area contributed by atoms with Crippen LogP contribution in [0.5, 0.6) is 5.75 Å². The summed E-state index contributed by atoms with van der Waals surface area (Å²) in [5.74, 6) is 3.60. The molecule has 30 heavy (non-hydrogen) atoms. The van der Waals surface area contributed by atoms with Crippen molar-refractivity contribution in [3.8, 4) is 17.6 Å². The Balaban J connectivity index is 1.92. The molecule has 0 aliphatic heterocycles. The highest BCUT2D eigenvalue weighted by Crippen LogP contribution is 2.33. The van der Waals surface area contributed by atoms with E-state index in [1.54, 1.807) is 11.0 Å². The van der Waals surface area contributed by atoms with Crippen molar-refractivity contribution in [3.05, 3.63) is 76.9 Å². The molecule has 0 saturated heterocycles. The van der Waals surface area contributed by atoms with Gasteiger partial charge in [0.2, 0.25) is 0 Å². The summed E-state index contributed by atoms with van der Waals surface area (Å²) in [4.78, 5) is 15.1. The number of nitrogens with zero attached hydrogens (tertiary/aromatic N) is 3. The standard InChI is InChI=1S/C21H16F3N3O3/c22-21(23,24)19-11-18(28)8-7-15(19)5-3-14-4-6-17(20(29)30)10-16(14)2-1-9-27-13-25-12-26-27/h4,6-8,10-13,28H,1-2,9H2,(H,29,30). The number of aromatic carboxylic acids is 1. The highest BCUT2D eigenvalue weighted by molar-refractivity contribution is 5.88. The number of hydrogen-bond acceptors (Lipinski definition) is 4. The first-order chi connectivity index (χ1) is 14.2. The minimum absolute atomic E-state index is 0.0666. The van der Waals surface area contributed by atoms with E-state index in [2.05, 4.69) is 21.9 Å². The average molecular weight is 415 g/mol. The number of carboxylic acids is 1. The van der Waals surface area contributed by atoms with Crippen molar-refractivity contribution in [1.82, 2.24) is 14.8 Å². The number of phenolic OH excluding ortho intramolecular Hbond substituents is 1. The smallest absolute Gasteiger partial charge is 0.417 e. The van der Waals surface area contributed by atoms with Gasteiger partial charge in [-0.15, -0.1) is 0 Å². The molecule has 6 nitrogen and oxygen atoms in total. The molecule has 3 rings (SSSR count). The third-order valence-corrected chi connectivity index (χ3v) is 4.29. The average Bonchev–Trinajstić information content (AvgIpc) is 3.20. The number of halogens is 3. The van der Waals surface area contributed by atoms with E-state index in [1.807, 2.05) is 0 Å². The fourth-order valence-electron chi connectivity index (χ4n) is 2.85. The first-order valence-corrected chi connectivity index (χ1v) is 8.85. The monoisotopic (exact) mass is 415 g/mol. The Morgan fingerprint density at radius 1 is 1.10 bits per heavy atom. The second-order valence-corrected chi connectivity index (χ2v) is 6.42. The van der Waals surface area contributed by atoms with E-state index in [0.717, 1.165) is 12.1 Å². The lowest BCUT2D eigenvalue weighted by Gasteiger charge is -2.09. The molecule has 1 heterocycles. The number of phenols is 1. The molecule has 0 spiro atoms. The summed E-state index contributed by atoms with van der Waals surface area (Å²) in [7, 11) is 0. The Labute approximate surface area is 169 Å². The molecule has 0 radical (unpaired) electrons. The Kier molecular flexibility index (Phi) is 6.06. The summed E-state index contributed by atoms with van der Waals surface area (Å²) < 4.78 is 41.3. The van der Waals surface area contributed by atoms with E-state index in [0.29, 0.717) is 36.6 Å². The first-order valence-electron chi connectivity index (χ1n) is 8.85. The van der Waals surface area contributed by atoms with Gasteiger partial charge in [0.15, 0.2) is 0 Å². The molecule has 0 fully saturated rings. The second-order valence-electron chi connectivity index (χ2n) is 6.42. The molecule has 0 unspecified atom stereocenters.